The van der Waals surface area contributed by atoms with E-state index < -0.39 is 17.7 Å². The number of nitrogens with zero attached hydrogens (tertiary/aromatic N) is 4. The van der Waals surface area contributed by atoms with Crippen LogP contribution in [-0.4, -0.2) is 69.1 Å². The highest BCUT2D eigenvalue weighted by molar-refractivity contribution is 5.86. The van der Waals surface area contributed by atoms with Gasteiger partial charge in [-0.15, -0.1) is 0 Å². The van der Waals surface area contributed by atoms with Crippen LogP contribution in [0.1, 0.15) is 58.0 Å². The zero-order chi connectivity index (χ0) is 21.2. The molecule has 2 fully saturated rings. The summed E-state index contributed by atoms with van der Waals surface area (Å²) in [6.07, 6.45) is 2.62. The van der Waals surface area contributed by atoms with Gasteiger partial charge in [-0.1, -0.05) is 0 Å². The fourth-order valence-electron chi connectivity index (χ4n) is 3.88. The van der Waals surface area contributed by atoms with Crippen molar-refractivity contribution in [1.82, 2.24) is 19.8 Å². The van der Waals surface area contributed by atoms with Gasteiger partial charge in [0, 0.05) is 44.2 Å². The van der Waals surface area contributed by atoms with E-state index in [1.54, 1.807) is 4.90 Å². The number of aromatic nitrogens is 2. The first-order valence-corrected chi connectivity index (χ1v) is 10.4. The molecule has 8 heteroatoms. The van der Waals surface area contributed by atoms with Crippen LogP contribution in [0, 0.1) is 13.8 Å². The van der Waals surface area contributed by atoms with E-state index in [-0.39, 0.29) is 12.0 Å². The zero-order valence-corrected chi connectivity index (χ0v) is 18.1. The molecule has 0 saturated carbocycles. The van der Waals surface area contributed by atoms with Crippen LogP contribution >= 0.6 is 0 Å². The summed E-state index contributed by atoms with van der Waals surface area (Å²) in [6, 6.07) is 1.41. The predicted molar refractivity (Wildman–Crippen MR) is 108 cm³/mol. The highest BCUT2D eigenvalue weighted by Crippen LogP contribution is 2.25. The number of ether oxygens (including phenoxy) is 2. The van der Waals surface area contributed by atoms with Crippen molar-refractivity contribution in [2.45, 2.75) is 78.0 Å². The molecule has 0 aliphatic carbocycles. The minimum Gasteiger partial charge on any atom is -0.474 e. The third kappa shape index (κ3) is 5.58. The second-order valence-electron chi connectivity index (χ2n) is 8.87. The van der Waals surface area contributed by atoms with Crippen molar-refractivity contribution >= 4 is 12.0 Å². The van der Waals surface area contributed by atoms with E-state index >= 15 is 0 Å². The average molecular weight is 405 g/mol. The predicted octanol–water partition coefficient (Wildman–Crippen LogP) is 2.86. The van der Waals surface area contributed by atoms with Crippen molar-refractivity contribution in [2.24, 2.45) is 0 Å². The van der Waals surface area contributed by atoms with Crippen molar-refractivity contribution in [3.05, 3.63) is 17.6 Å². The normalized spacial score (nSPS) is 20.7. The molecule has 3 heterocycles. The molecular weight excluding hydrogens is 372 g/mol. The molecule has 0 spiro atoms. The molecule has 1 unspecified atom stereocenters. The van der Waals surface area contributed by atoms with Gasteiger partial charge in [-0.2, -0.15) is 4.98 Å². The van der Waals surface area contributed by atoms with Gasteiger partial charge in [-0.3, -0.25) is 9.69 Å². The van der Waals surface area contributed by atoms with Crippen molar-refractivity contribution in [2.75, 3.05) is 19.6 Å². The number of amides is 2. The number of carbonyl (C=O) groups excluding carboxylic acids is 2. The van der Waals surface area contributed by atoms with Crippen LogP contribution in [0.25, 0.3) is 0 Å². The molecule has 8 nitrogen and oxygen atoms in total. The van der Waals surface area contributed by atoms with E-state index in [1.165, 1.54) is 0 Å². The monoisotopic (exact) mass is 404 g/mol. The molecule has 0 bridgehead atoms. The molecular formula is C21H32N4O4. The summed E-state index contributed by atoms with van der Waals surface area (Å²) in [5.74, 6) is 1.29. The molecule has 1 aromatic rings. The second-order valence-corrected chi connectivity index (χ2v) is 8.87. The molecule has 29 heavy (non-hydrogen) atoms. The number of piperidine rings is 1. The van der Waals surface area contributed by atoms with Crippen LogP contribution in [0.3, 0.4) is 0 Å². The summed E-state index contributed by atoms with van der Waals surface area (Å²) in [6.45, 7) is 11.1. The summed E-state index contributed by atoms with van der Waals surface area (Å²) in [5.41, 5.74) is 0.310. The number of hydrogen-bond donors (Lipinski definition) is 0. The first kappa shape index (κ1) is 21.3. The molecule has 160 valence electrons. The fraction of sp³-hybridized carbons (Fsp3) is 0.714. The third-order valence-electron chi connectivity index (χ3n) is 5.15. The van der Waals surface area contributed by atoms with E-state index in [0.717, 1.165) is 25.0 Å². The Morgan fingerprint density at radius 2 is 1.76 bits per heavy atom. The van der Waals surface area contributed by atoms with E-state index in [2.05, 4.69) is 9.97 Å². The maximum absolute atomic E-state index is 13.1. The van der Waals surface area contributed by atoms with Gasteiger partial charge in [0.15, 0.2) is 0 Å². The Bertz CT molecular complexity index is 733. The lowest BCUT2D eigenvalue weighted by atomic mass is 10.1. The SMILES string of the molecule is Cc1cc(OC2CCN(C(=O)C3CCCN3C(=O)OC(C)(C)C)CC2)nc(C)n1. The highest BCUT2D eigenvalue weighted by atomic mass is 16.6. The zero-order valence-electron chi connectivity index (χ0n) is 18.1. The number of hydrogen-bond acceptors (Lipinski definition) is 6. The number of rotatable bonds is 3. The van der Waals surface area contributed by atoms with Crippen LogP contribution in [0.2, 0.25) is 0 Å². The third-order valence-corrected chi connectivity index (χ3v) is 5.15. The Morgan fingerprint density at radius 1 is 1.07 bits per heavy atom. The Hall–Kier alpha value is -2.38. The fourth-order valence-corrected chi connectivity index (χ4v) is 3.88. The van der Waals surface area contributed by atoms with Gasteiger partial charge in [-0.25, -0.2) is 9.78 Å². The van der Waals surface area contributed by atoms with Gasteiger partial charge in [0.2, 0.25) is 11.8 Å². The van der Waals surface area contributed by atoms with Gasteiger partial charge in [0.1, 0.15) is 23.6 Å². The quantitative estimate of drug-likeness (QED) is 0.770. The van der Waals surface area contributed by atoms with Crippen LogP contribution in [-0.2, 0) is 9.53 Å². The number of carbonyl (C=O) groups is 2. The molecule has 1 aromatic heterocycles. The summed E-state index contributed by atoms with van der Waals surface area (Å²) >= 11 is 0. The van der Waals surface area contributed by atoms with Crippen LogP contribution in [0.5, 0.6) is 5.88 Å². The van der Waals surface area contributed by atoms with Crippen molar-refractivity contribution in [3.8, 4) is 5.88 Å². The second kappa shape index (κ2) is 8.55. The minimum atomic E-state index is -0.569. The van der Waals surface area contributed by atoms with Crippen molar-refractivity contribution in [3.63, 3.8) is 0 Å². The first-order chi connectivity index (χ1) is 13.6. The van der Waals surface area contributed by atoms with Crippen molar-refractivity contribution < 1.29 is 19.1 Å². The average Bonchev–Trinajstić information content (AvgIpc) is 3.09. The molecule has 1 atom stereocenters. The lowest BCUT2D eigenvalue weighted by Crippen LogP contribution is -2.51. The molecule has 0 aromatic carbocycles. The summed E-state index contributed by atoms with van der Waals surface area (Å²) in [7, 11) is 0. The Morgan fingerprint density at radius 3 is 2.38 bits per heavy atom. The molecule has 0 N–H and O–H groups in total. The molecule has 2 saturated heterocycles. The van der Waals surface area contributed by atoms with E-state index in [4.69, 9.17) is 9.47 Å². The number of likely N-dealkylation sites (tertiary alicyclic amines) is 2. The molecule has 2 aliphatic heterocycles. The van der Waals surface area contributed by atoms with Crippen LogP contribution in [0.15, 0.2) is 6.07 Å². The smallest absolute Gasteiger partial charge is 0.410 e. The number of aryl methyl sites for hydroxylation is 2. The minimum absolute atomic E-state index is 0.0144. The maximum Gasteiger partial charge on any atom is 0.410 e. The Kier molecular flexibility index (Phi) is 6.29. The standard InChI is InChI=1S/C21H32N4O4/c1-14-13-18(23-15(2)22-14)28-16-8-11-24(12-9-16)19(26)17-7-6-10-25(17)20(27)29-21(3,4)5/h13,16-17H,6-12H2,1-5H3. The summed E-state index contributed by atoms with van der Waals surface area (Å²) < 4.78 is 11.5. The summed E-state index contributed by atoms with van der Waals surface area (Å²) in [5, 5.41) is 0. The first-order valence-electron chi connectivity index (χ1n) is 10.4. The lowest BCUT2D eigenvalue weighted by Gasteiger charge is -2.35. The van der Waals surface area contributed by atoms with E-state index in [1.807, 2.05) is 45.6 Å². The van der Waals surface area contributed by atoms with Crippen molar-refractivity contribution in [1.29, 1.82) is 0 Å². The van der Waals surface area contributed by atoms with Gasteiger partial charge in [-0.05, 0) is 47.5 Å². The largest absolute Gasteiger partial charge is 0.474 e. The maximum atomic E-state index is 13.1. The molecule has 2 aliphatic rings. The molecule has 3 rings (SSSR count). The molecule has 2 amide bonds. The van der Waals surface area contributed by atoms with Gasteiger partial charge >= 0.3 is 6.09 Å². The lowest BCUT2D eigenvalue weighted by molar-refractivity contribution is -0.137. The summed E-state index contributed by atoms with van der Waals surface area (Å²) in [4.78, 5) is 37.6. The van der Waals surface area contributed by atoms with Crippen LogP contribution < -0.4 is 4.74 Å². The van der Waals surface area contributed by atoms with Gasteiger partial charge < -0.3 is 14.4 Å². The Labute approximate surface area is 172 Å². The highest BCUT2D eigenvalue weighted by Gasteiger charge is 2.39. The van der Waals surface area contributed by atoms with Gasteiger partial charge in [0.05, 0.1) is 0 Å². The Balaban J connectivity index is 1.54. The van der Waals surface area contributed by atoms with Gasteiger partial charge in [0.25, 0.3) is 0 Å². The van der Waals surface area contributed by atoms with E-state index in [9.17, 15) is 9.59 Å². The van der Waals surface area contributed by atoms with Crippen LogP contribution in [0.4, 0.5) is 4.79 Å². The topological polar surface area (TPSA) is 84.9 Å². The van der Waals surface area contributed by atoms with E-state index in [0.29, 0.717) is 37.8 Å². The molecule has 0 radical (unpaired) electrons.